The van der Waals surface area contributed by atoms with E-state index in [4.69, 9.17) is 0 Å². The van der Waals surface area contributed by atoms with Crippen molar-refractivity contribution >= 4 is 17.6 Å². The molecule has 0 unspecified atom stereocenters. The van der Waals surface area contributed by atoms with Crippen LogP contribution >= 0.6 is 0 Å². The Morgan fingerprint density at radius 2 is 2.05 bits per heavy atom. The van der Waals surface area contributed by atoms with Gasteiger partial charge in [0.25, 0.3) is 5.91 Å². The molecular weight excluding hydrogens is 254 g/mol. The number of urea groups is 1. The molecule has 0 aromatic heterocycles. The van der Waals surface area contributed by atoms with Gasteiger partial charge < -0.3 is 10.6 Å². The van der Waals surface area contributed by atoms with Crippen LogP contribution in [0.4, 0.5) is 10.5 Å². The number of amides is 3. The molecule has 2 rings (SSSR count). The number of rotatable bonds is 6. The van der Waals surface area contributed by atoms with Gasteiger partial charge in [0.05, 0.1) is 0 Å². The lowest BCUT2D eigenvalue weighted by atomic mass is 10.2. The summed E-state index contributed by atoms with van der Waals surface area (Å²) in [6, 6.07) is 7.06. The third-order valence-corrected chi connectivity index (χ3v) is 3.36. The average Bonchev–Trinajstić information content (AvgIpc) is 2.90. The number of hydrogen-bond acceptors (Lipinski definition) is 2. The Hall–Kier alpha value is -2.04. The van der Waals surface area contributed by atoms with Crippen molar-refractivity contribution < 1.29 is 9.59 Å². The van der Waals surface area contributed by atoms with E-state index >= 15 is 0 Å². The largest absolute Gasteiger partial charge is 0.352 e. The third kappa shape index (κ3) is 3.50. The first-order valence-electron chi connectivity index (χ1n) is 7.16. The summed E-state index contributed by atoms with van der Waals surface area (Å²) in [6.45, 7) is 4.18. The standard InChI is InChI=1S/C15H21N3O2/c1-2-3-4-9-16-14(19)12-5-7-13(8-6-12)18-11-10-17-15(18)20/h5-8H,2-4,9-11H2,1H3,(H,16,19)(H,17,20). The van der Waals surface area contributed by atoms with Gasteiger partial charge in [-0.05, 0) is 30.7 Å². The van der Waals surface area contributed by atoms with E-state index in [9.17, 15) is 9.59 Å². The molecule has 0 aliphatic carbocycles. The molecule has 0 saturated carbocycles. The van der Waals surface area contributed by atoms with Gasteiger partial charge in [-0.1, -0.05) is 19.8 Å². The molecule has 5 nitrogen and oxygen atoms in total. The Bertz CT molecular complexity index is 471. The minimum absolute atomic E-state index is 0.0569. The lowest BCUT2D eigenvalue weighted by molar-refractivity contribution is 0.0953. The SMILES string of the molecule is CCCCCNC(=O)c1ccc(N2CCNC2=O)cc1. The zero-order valence-electron chi connectivity index (χ0n) is 11.8. The molecule has 1 aliphatic rings. The van der Waals surface area contributed by atoms with Gasteiger partial charge in [-0.15, -0.1) is 0 Å². The summed E-state index contributed by atoms with van der Waals surface area (Å²) in [5, 5.41) is 5.65. The maximum atomic E-state index is 11.9. The van der Waals surface area contributed by atoms with Crippen molar-refractivity contribution in [1.82, 2.24) is 10.6 Å². The second kappa shape index (κ2) is 6.93. The van der Waals surface area contributed by atoms with Crippen LogP contribution in [0.25, 0.3) is 0 Å². The molecule has 1 saturated heterocycles. The van der Waals surface area contributed by atoms with Crippen molar-refractivity contribution in [2.24, 2.45) is 0 Å². The Morgan fingerprint density at radius 1 is 1.30 bits per heavy atom. The highest BCUT2D eigenvalue weighted by Gasteiger charge is 2.20. The monoisotopic (exact) mass is 275 g/mol. The second-order valence-corrected chi connectivity index (χ2v) is 4.89. The van der Waals surface area contributed by atoms with E-state index in [-0.39, 0.29) is 11.9 Å². The zero-order valence-corrected chi connectivity index (χ0v) is 11.8. The topological polar surface area (TPSA) is 61.4 Å². The molecule has 0 bridgehead atoms. The molecule has 1 aromatic rings. The van der Waals surface area contributed by atoms with Crippen LogP contribution in [0.1, 0.15) is 36.5 Å². The molecule has 0 atom stereocenters. The summed E-state index contributed by atoms with van der Waals surface area (Å²) in [6.07, 6.45) is 3.28. The highest BCUT2D eigenvalue weighted by Crippen LogP contribution is 2.17. The Kier molecular flexibility index (Phi) is 4.98. The first kappa shape index (κ1) is 14.4. The van der Waals surface area contributed by atoms with Gasteiger partial charge in [0, 0.05) is 30.9 Å². The molecule has 1 heterocycles. The van der Waals surface area contributed by atoms with Crippen LogP contribution in [0.3, 0.4) is 0 Å². The van der Waals surface area contributed by atoms with E-state index in [2.05, 4.69) is 17.6 Å². The lowest BCUT2D eigenvalue weighted by Crippen LogP contribution is -2.28. The van der Waals surface area contributed by atoms with Gasteiger partial charge in [0.2, 0.25) is 0 Å². The summed E-state index contributed by atoms with van der Waals surface area (Å²) in [7, 11) is 0. The first-order valence-corrected chi connectivity index (χ1v) is 7.16. The molecular formula is C15H21N3O2. The number of hydrogen-bond donors (Lipinski definition) is 2. The van der Waals surface area contributed by atoms with Gasteiger partial charge in [-0.25, -0.2) is 4.79 Å². The Labute approximate surface area is 119 Å². The molecule has 2 N–H and O–H groups in total. The van der Waals surface area contributed by atoms with Crippen molar-refractivity contribution in [3.63, 3.8) is 0 Å². The van der Waals surface area contributed by atoms with E-state index < -0.39 is 0 Å². The lowest BCUT2D eigenvalue weighted by Gasteiger charge is -2.14. The summed E-state index contributed by atoms with van der Waals surface area (Å²) in [5.41, 5.74) is 1.45. The number of benzene rings is 1. The fourth-order valence-corrected chi connectivity index (χ4v) is 2.19. The molecule has 1 aromatic carbocycles. The highest BCUT2D eigenvalue weighted by molar-refractivity contribution is 5.96. The molecule has 1 fully saturated rings. The Balaban J connectivity index is 1.90. The van der Waals surface area contributed by atoms with Crippen molar-refractivity contribution in [3.05, 3.63) is 29.8 Å². The summed E-state index contributed by atoms with van der Waals surface area (Å²) >= 11 is 0. The van der Waals surface area contributed by atoms with E-state index in [1.165, 1.54) is 0 Å². The van der Waals surface area contributed by atoms with Crippen molar-refractivity contribution in [3.8, 4) is 0 Å². The zero-order chi connectivity index (χ0) is 14.4. The van der Waals surface area contributed by atoms with E-state index in [0.29, 0.717) is 25.2 Å². The predicted octanol–water partition coefficient (Wildman–Crippen LogP) is 2.14. The molecule has 108 valence electrons. The fraction of sp³-hybridized carbons (Fsp3) is 0.467. The van der Waals surface area contributed by atoms with Crippen molar-refractivity contribution in [2.45, 2.75) is 26.2 Å². The smallest absolute Gasteiger partial charge is 0.321 e. The first-order chi connectivity index (χ1) is 9.72. The number of carbonyl (C=O) groups excluding carboxylic acids is 2. The highest BCUT2D eigenvalue weighted by atomic mass is 16.2. The van der Waals surface area contributed by atoms with Crippen LogP contribution in [0.5, 0.6) is 0 Å². The van der Waals surface area contributed by atoms with Crippen molar-refractivity contribution in [1.29, 1.82) is 0 Å². The average molecular weight is 275 g/mol. The van der Waals surface area contributed by atoms with Crippen LogP contribution in [0.2, 0.25) is 0 Å². The summed E-state index contributed by atoms with van der Waals surface area (Å²) < 4.78 is 0. The van der Waals surface area contributed by atoms with Gasteiger partial charge in [-0.3, -0.25) is 9.69 Å². The number of unbranched alkanes of at least 4 members (excludes halogenated alkanes) is 2. The maximum Gasteiger partial charge on any atom is 0.321 e. The van der Waals surface area contributed by atoms with E-state index in [0.717, 1.165) is 24.9 Å². The fourth-order valence-electron chi connectivity index (χ4n) is 2.19. The van der Waals surface area contributed by atoms with Crippen molar-refractivity contribution in [2.75, 3.05) is 24.5 Å². The third-order valence-electron chi connectivity index (χ3n) is 3.36. The van der Waals surface area contributed by atoms with Crippen LogP contribution in [-0.4, -0.2) is 31.6 Å². The van der Waals surface area contributed by atoms with E-state index in [1.807, 2.05) is 12.1 Å². The molecule has 0 spiro atoms. The van der Waals surface area contributed by atoms with Crippen LogP contribution in [-0.2, 0) is 0 Å². The molecule has 3 amide bonds. The molecule has 5 heteroatoms. The number of anilines is 1. The molecule has 1 aliphatic heterocycles. The van der Waals surface area contributed by atoms with Crippen LogP contribution < -0.4 is 15.5 Å². The van der Waals surface area contributed by atoms with E-state index in [1.54, 1.807) is 17.0 Å². The van der Waals surface area contributed by atoms with Gasteiger partial charge in [0.15, 0.2) is 0 Å². The number of nitrogens with zero attached hydrogens (tertiary/aromatic N) is 1. The van der Waals surface area contributed by atoms with Gasteiger partial charge >= 0.3 is 6.03 Å². The van der Waals surface area contributed by atoms with Gasteiger partial charge in [0.1, 0.15) is 0 Å². The van der Waals surface area contributed by atoms with Gasteiger partial charge in [-0.2, -0.15) is 0 Å². The minimum Gasteiger partial charge on any atom is -0.352 e. The molecule has 20 heavy (non-hydrogen) atoms. The summed E-state index contributed by atoms with van der Waals surface area (Å²) in [5.74, 6) is -0.0569. The number of nitrogens with one attached hydrogen (secondary N) is 2. The summed E-state index contributed by atoms with van der Waals surface area (Å²) in [4.78, 5) is 25.1. The Morgan fingerprint density at radius 3 is 2.65 bits per heavy atom. The minimum atomic E-state index is -0.0817. The normalized spacial score (nSPS) is 14.2. The second-order valence-electron chi connectivity index (χ2n) is 4.89. The van der Waals surface area contributed by atoms with Crippen LogP contribution in [0.15, 0.2) is 24.3 Å². The maximum absolute atomic E-state index is 11.9. The molecule has 0 radical (unpaired) electrons. The number of carbonyl (C=O) groups is 2. The quantitative estimate of drug-likeness (QED) is 0.781. The van der Waals surface area contributed by atoms with Crippen LogP contribution in [0, 0.1) is 0 Å². The predicted molar refractivity (Wildman–Crippen MR) is 79.0 cm³/mol.